The second kappa shape index (κ2) is 7.29. The summed E-state index contributed by atoms with van der Waals surface area (Å²) < 4.78 is 0. The van der Waals surface area contributed by atoms with Crippen molar-refractivity contribution >= 4 is 5.91 Å². The van der Waals surface area contributed by atoms with Gasteiger partial charge in [0.05, 0.1) is 11.0 Å². The molecule has 1 aromatic rings. The number of rotatable bonds is 4. The number of hydrogen-bond donors (Lipinski definition) is 2. The van der Waals surface area contributed by atoms with E-state index >= 15 is 0 Å². The number of β-amino-alcohol motifs (C(OH)–C–C–N with tert-alkyl or cyclic N) is 1. The van der Waals surface area contributed by atoms with E-state index in [9.17, 15) is 9.90 Å². The molecule has 3 fully saturated rings. The molecule has 0 saturated carbocycles. The van der Waals surface area contributed by atoms with Gasteiger partial charge in [-0.15, -0.1) is 0 Å². The molecule has 3 aliphatic rings. The largest absolute Gasteiger partial charge is 0.387 e. The van der Waals surface area contributed by atoms with E-state index in [1.807, 2.05) is 23.1 Å². The highest BCUT2D eigenvalue weighted by Crippen LogP contribution is 2.42. The van der Waals surface area contributed by atoms with E-state index in [1.165, 1.54) is 5.56 Å². The third kappa shape index (κ3) is 3.66. The minimum atomic E-state index is -0.595. The molecule has 3 saturated heterocycles. The zero-order valence-electron chi connectivity index (χ0n) is 15.6. The lowest BCUT2D eigenvalue weighted by Crippen LogP contribution is -2.55. The summed E-state index contributed by atoms with van der Waals surface area (Å²) in [6.45, 7) is 5.90. The summed E-state index contributed by atoms with van der Waals surface area (Å²) in [5, 5.41) is 14.1. The normalized spacial score (nSPS) is 29.4. The predicted molar refractivity (Wildman–Crippen MR) is 102 cm³/mol. The van der Waals surface area contributed by atoms with E-state index in [2.05, 4.69) is 22.3 Å². The maximum Gasteiger partial charge on any atom is 0.229 e. The number of amides is 1. The maximum atomic E-state index is 13.1. The summed E-state index contributed by atoms with van der Waals surface area (Å²) >= 11 is 0. The molecular formula is C21H31N3O2. The van der Waals surface area contributed by atoms with Gasteiger partial charge in [0.15, 0.2) is 0 Å². The van der Waals surface area contributed by atoms with Crippen LogP contribution < -0.4 is 5.32 Å². The second-order valence-corrected chi connectivity index (χ2v) is 8.52. The molecule has 4 rings (SSSR count). The first-order chi connectivity index (χ1) is 12.6. The average Bonchev–Trinajstić information content (AvgIpc) is 2.95. The first kappa shape index (κ1) is 18.0. The highest BCUT2D eigenvalue weighted by atomic mass is 16.3. The molecule has 3 heterocycles. The van der Waals surface area contributed by atoms with E-state index in [-0.39, 0.29) is 5.41 Å². The third-order valence-electron chi connectivity index (χ3n) is 6.60. The van der Waals surface area contributed by atoms with Crippen LogP contribution in [0, 0.1) is 5.41 Å². The van der Waals surface area contributed by atoms with Crippen LogP contribution in [-0.2, 0) is 11.3 Å². The average molecular weight is 357 g/mol. The van der Waals surface area contributed by atoms with E-state index in [1.54, 1.807) is 0 Å². The summed E-state index contributed by atoms with van der Waals surface area (Å²) in [6.07, 6.45) is 4.77. The van der Waals surface area contributed by atoms with Crippen LogP contribution >= 0.6 is 0 Å². The van der Waals surface area contributed by atoms with Crippen molar-refractivity contribution in [1.29, 1.82) is 0 Å². The van der Waals surface area contributed by atoms with Crippen LogP contribution in [0.2, 0.25) is 0 Å². The quantitative estimate of drug-likeness (QED) is 0.860. The van der Waals surface area contributed by atoms with Crippen molar-refractivity contribution in [2.24, 2.45) is 5.41 Å². The zero-order chi connectivity index (χ0) is 18.0. The molecule has 0 unspecified atom stereocenters. The number of benzene rings is 1. The molecule has 3 aliphatic heterocycles. The molecule has 0 aromatic heterocycles. The van der Waals surface area contributed by atoms with Crippen LogP contribution in [0.4, 0.5) is 0 Å². The van der Waals surface area contributed by atoms with Gasteiger partial charge >= 0.3 is 0 Å². The van der Waals surface area contributed by atoms with Gasteiger partial charge in [-0.05, 0) is 57.3 Å². The number of nitrogens with one attached hydrogen (secondary N) is 1. The summed E-state index contributed by atoms with van der Waals surface area (Å²) in [5.74, 6) is 0.346. The smallest absolute Gasteiger partial charge is 0.229 e. The minimum Gasteiger partial charge on any atom is -0.387 e. The summed E-state index contributed by atoms with van der Waals surface area (Å²) in [6, 6.07) is 10.3. The summed E-state index contributed by atoms with van der Waals surface area (Å²) in [5.41, 5.74) is 0.461. The van der Waals surface area contributed by atoms with Gasteiger partial charge in [-0.1, -0.05) is 30.3 Å². The van der Waals surface area contributed by atoms with Crippen LogP contribution in [0.15, 0.2) is 30.3 Å². The molecular weight excluding hydrogens is 326 g/mol. The van der Waals surface area contributed by atoms with E-state index in [0.29, 0.717) is 12.5 Å². The van der Waals surface area contributed by atoms with Gasteiger partial charge in [-0.25, -0.2) is 0 Å². The SMILES string of the molecule is O=C1N(Cc2ccccc2)CCC12CCN(C[C@@]1(O)CCCNC1)CC2. The van der Waals surface area contributed by atoms with Gasteiger partial charge in [-0.2, -0.15) is 0 Å². The molecule has 142 valence electrons. The topological polar surface area (TPSA) is 55.8 Å². The fourth-order valence-electron chi connectivity index (χ4n) is 4.95. The Kier molecular flexibility index (Phi) is 5.04. The summed E-state index contributed by atoms with van der Waals surface area (Å²) in [4.78, 5) is 17.5. The Hall–Kier alpha value is -1.43. The molecule has 1 spiro atoms. The van der Waals surface area contributed by atoms with Crippen molar-refractivity contribution < 1.29 is 9.90 Å². The number of nitrogens with zero attached hydrogens (tertiary/aromatic N) is 2. The number of piperidine rings is 2. The lowest BCUT2D eigenvalue weighted by Gasteiger charge is -2.42. The Bertz CT molecular complexity index is 619. The summed E-state index contributed by atoms with van der Waals surface area (Å²) in [7, 11) is 0. The fourth-order valence-corrected chi connectivity index (χ4v) is 4.95. The van der Waals surface area contributed by atoms with Crippen LogP contribution in [-0.4, -0.2) is 65.7 Å². The molecule has 0 radical (unpaired) electrons. The van der Waals surface area contributed by atoms with Gasteiger partial charge in [-0.3, -0.25) is 4.79 Å². The monoisotopic (exact) mass is 357 g/mol. The number of hydrogen-bond acceptors (Lipinski definition) is 4. The van der Waals surface area contributed by atoms with E-state index < -0.39 is 5.60 Å². The van der Waals surface area contributed by atoms with E-state index in [4.69, 9.17) is 0 Å². The first-order valence-electron chi connectivity index (χ1n) is 10.1. The number of aliphatic hydroxyl groups is 1. The lowest BCUT2D eigenvalue weighted by molar-refractivity contribution is -0.139. The Morgan fingerprint density at radius 3 is 2.46 bits per heavy atom. The van der Waals surface area contributed by atoms with Gasteiger partial charge in [0.2, 0.25) is 5.91 Å². The highest BCUT2D eigenvalue weighted by molar-refractivity contribution is 5.85. The number of likely N-dealkylation sites (tertiary alicyclic amines) is 2. The van der Waals surface area contributed by atoms with Crippen molar-refractivity contribution in [3.05, 3.63) is 35.9 Å². The molecule has 2 N–H and O–H groups in total. The molecule has 1 aromatic carbocycles. The third-order valence-corrected chi connectivity index (χ3v) is 6.60. The van der Waals surface area contributed by atoms with Crippen LogP contribution in [0.25, 0.3) is 0 Å². The highest BCUT2D eigenvalue weighted by Gasteiger charge is 2.48. The molecule has 26 heavy (non-hydrogen) atoms. The molecule has 5 heteroatoms. The Labute approximate surface area is 156 Å². The first-order valence-corrected chi connectivity index (χ1v) is 10.1. The van der Waals surface area contributed by atoms with Gasteiger partial charge in [0, 0.05) is 26.2 Å². The van der Waals surface area contributed by atoms with Gasteiger partial charge in [0.1, 0.15) is 0 Å². The van der Waals surface area contributed by atoms with Crippen molar-refractivity contribution in [1.82, 2.24) is 15.1 Å². The molecule has 0 bridgehead atoms. The lowest BCUT2D eigenvalue weighted by atomic mass is 9.76. The fraction of sp³-hybridized carbons (Fsp3) is 0.667. The van der Waals surface area contributed by atoms with Crippen molar-refractivity contribution in [2.75, 3.05) is 39.3 Å². The van der Waals surface area contributed by atoms with Crippen molar-refractivity contribution in [3.8, 4) is 0 Å². The van der Waals surface area contributed by atoms with Gasteiger partial charge < -0.3 is 20.2 Å². The molecule has 0 aliphatic carbocycles. The van der Waals surface area contributed by atoms with Gasteiger partial charge in [0.25, 0.3) is 0 Å². The maximum absolute atomic E-state index is 13.1. The van der Waals surface area contributed by atoms with Crippen molar-refractivity contribution in [2.45, 2.75) is 44.2 Å². The number of carbonyl (C=O) groups excluding carboxylic acids is 1. The molecule has 1 amide bonds. The van der Waals surface area contributed by atoms with E-state index in [0.717, 1.165) is 71.4 Å². The Balaban J connectivity index is 1.33. The number of carbonyl (C=O) groups is 1. The minimum absolute atomic E-state index is 0.154. The van der Waals surface area contributed by atoms with Crippen molar-refractivity contribution in [3.63, 3.8) is 0 Å². The second-order valence-electron chi connectivity index (χ2n) is 8.52. The molecule has 1 atom stereocenters. The molecule has 5 nitrogen and oxygen atoms in total. The van der Waals surface area contributed by atoms with Crippen LogP contribution in [0.5, 0.6) is 0 Å². The van der Waals surface area contributed by atoms with Crippen LogP contribution in [0.3, 0.4) is 0 Å². The Morgan fingerprint density at radius 1 is 1.04 bits per heavy atom. The standard InChI is InChI=1S/C21H31N3O2/c25-19-20(10-14-24(19)15-18-5-2-1-3-6-18)8-12-23(13-9-20)17-21(26)7-4-11-22-16-21/h1-3,5-6,22,26H,4,7-17H2/t21-/m1/s1. The predicted octanol–water partition coefficient (Wildman–Crippen LogP) is 1.62. The zero-order valence-corrected chi connectivity index (χ0v) is 15.6. The van der Waals surface area contributed by atoms with Crippen LogP contribution in [0.1, 0.15) is 37.7 Å². The Morgan fingerprint density at radius 2 is 1.77 bits per heavy atom.